The van der Waals surface area contributed by atoms with E-state index in [-0.39, 0.29) is 17.4 Å². The number of rotatable bonds is 5. The standard InChI is InChI=1S/C27H33F3O/c1-2-3-16-4-6-17(7-5-16)18-8-10-19(11-9-18)22-14-20-12-13-21(23-15-31-23)25(28)24(20)27(30)26(22)29/h12-14,16-19,23H,2-11,15H2,1H3. The molecule has 0 spiro atoms. The topological polar surface area (TPSA) is 12.5 Å². The van der Waals surface area contributed by atoms with E-state index in [1.165, 1.54) is 38.5 Å². The van der Waals surface area contributed by atoms with Gasteiger partial charge in [0.25, 0.3) is 0 Å². The van der Waals surface area contributed by atoms with E-state index in [0.29, 0.717) is 23.1 Å². The summed E-state index contributed by atoms with van der Waals surface area (Å²) in [5.74, 6) is -0.0890. The lowest BCUT2D eigenvalue weighted by Gasteiger charge is -2.38. The molecule has 4 heteroatoms. The van der Waals surface area contributed by atoms with E-state index in [9.17, 15) is 8.78 Å². The Bertz CT molecular complexity index is 935. The second kappa shape index (κ2) is 8.77. The molecule has 0 bridgehead atoms. The third kappa shape index (κ3) is 4.13. The Morgan fingerprint density at radius 2 is 1.45 bits per heavy atom. The molecule has 3 fully saturated rings. The quantitative estimate of drug-likeness (QED) is 0.435. The minimum absolute atomic E-state index is 0.0288. The van der Waals surface area contributed by atoms with Crippen molar-refractivity contribution in [2.45, 2.75) is 83.2 Å². The SMILES string of the molecule is CCCC1CCC(C2CCC(c3cc4ccc(C5CO5)c(F)c4c(F)c3F)CC2)CC1. The highest BCUT2D eigenvalue weighted by molar-refractivity contribution is 5.85. The Labute approximate surface area is 183 Å². The Balaban J connectivity index is 1.30. The van der Waals surface area contributed by atoms with Crippen molar-refractivity contribution in [3.63, 3.8) is 0 Å². The molecule has 1 heterocycles. The third-order valence-corrected chi connectivity index (χ3v) is 8.33. The largest absolute Gasteiger partial charge is 0.368 e. The maximum absolute atomic E-state index is 15.0. The van der Waals surface area contributed by atoms with Crippen LogP contribution in [-0.4, -0.2) is 6.61 Å². The molecule has 1 aliphatic heterocycles. The Hall–Kier alpha value is -1.55. The first kappa shape index (κ1) is 21.3. The minimum Gasteiger partial charge on any atom is -0.368 e. The van der Waals surface area contributed by atoms with Crippen LogP contribution in [0.25, 0.3) is 10.8 Å². The van der Waals surface area contributed by atoms with Crippen LogP contribution in [0.15, 0.2) is 18.2 Å². The van der Waals surface area contributed by atoms with Gasteiger partial charge in [-0.1, -0.05) is 44.7 Å². The van der Waals surface area contributed by atoms with Crippen LogP contribution in [-0.2, 0) is 4.74 Å². The molecule has 0 aromatic heterocycles. The van der Waals surface area contributed by atoms with Gasteiger partial charge in [0, 0.05) is 5.56 Å². The summed E-state index contributed by atoms with van der Waals surface area (Å²) in [6.45, 7) is 2.71. The molecular weight excluding hydrogens is 397 g/mol. The van der Waals surface area contributed by atoms with Gasteiger partial charge in [0.15, 0.2) is 11.6 Å². The molecule has 5 rings (SSSR count). The van der Waals surface area contributed by atoms with E-state index >= 15 is 4.39 Å². The predicted molar refractivity (Wildman–Crippen MR) is 118 cm³/mol. The molecule has 1 nitrogen and oxygen atoms in total. The van der Waals surface area contributed by atoms with E-state index in [1.54, 1.807) is 18.2 Å². The molecule has 1 unspecified atom stereocenters. The maximum Gasteiger partial charge on any atom is 0.169 e. The van der Waals surface area contributed by atoms with Crippen LogP contribution in [0.4, 0.5) is 13.2 Å². The first-order chi connectivity index (χ1) is 15.1. The summed E-state index contributed by atoms with van der Waals surface area (Å²) in [5.41, 5.74) is 0.762. The average Bonchev–Trinajstić information content (AvgIpc) is 3.62. The zero-order chi connectivity index (χ0) is 21.5. The maximum atomic E-state index is 15.0. The number of benzene rings is 2. The van der Waals surface area contributed by atoms with Crippen LogP contribution >= 0.6 is 0 Å². The fourth-order valence-electron chi connectivity index (χ4n) is 6.45. The van der Waals surface area contributed by atoms with Crippen molar-refractivity contribution in [3.8, 4) is 0 Å². The van der Waals surface area contributed by atoms with Crippen LogP contribution in [0, 0.1) is 35.2 Å². The number of epoxide rings is 1. The lowest BCUT2D eigenvalue weighted by molar-refractivity contribution is 0.156. The molecule has 1 atom stereocenters. The van der Waals surface area contributed by atoms with Crippen LogP contribution in [0.5, 0.6) is 0 Å². The molecule has 2 aromatic rings. The van der Waals surface area contributed by atoms with E-state index < -0.39 is 17.5 Å². The Morgan fingerprint density at radius 3 is 2.06 bits per heavy atom. The van der Waals surface area contributed by atoms with Gasteiger partial charge in [-0.15, -0.1) is 0 Å². The van der Waals surface area contributed by atoms with Crippen LogP contribution in [0.3, 0.4) is 0 Å². The van der Waals surface area contributed by atoms with Crippen molar-refractivity contribution in [2.75, 3.05) is 6.61 Å². The number of halogens is 3. The summed E-state index contributed by atoms with van der Waals surface area (Å²) in [6, 6.07) is 5.05. The van der Waals surface area contributed by atoms with Gasteiger partial charge in [-0.05, 0) is 79.2 Å². The molecule has 31 heavy (non-hydrogen) atoms. The molecule has 3 aliphatic rings. The smallest absolute Gasteiger partial charge is 0.169 e. The zero-order valence-electron chi connectivity index (χ0n) is 18.4. The fraction of sp³-hybridized carbons (Fsp3) is 0.630. The molecule has 2 aliphatic carbocycles. The zero-order valence-corrected chi connectivity index (χ0v) is 18.4. The summed E-state index contributed by atoms with van der Waals surface area (Å²) >= 11 is 0. The van der Waals surface area contributed by atoms with Crippen molar-refractivity contribution in [1.29, 1.82) is 0 Å². The van der Waals surface area contributed by atoms with E-state index in [1.807, 2.05) is 0 Å². The number of ether oxygens (including phenoxy) is 1. The van der Waals surface area contributed by atoms with Crippen molar-refractivity contribution in [3.05, 3.63) is 46.8 Å². The predicted octanol–water partition coefficient (Wildman–Crippen LogP) is 8.21. The summed E-state index contributed by atoms with van der Waals surface area (Å²) < 4.78 is 49.9. The Morgan fingerprint density at radius 1 is 0.806 bits per heavy atom. The highest BCUT2D eigenvalue weighted by Crippen LogP contribution is 2.46. The lowest BCUT2D eigenvalue weighted by atomic mass is 9.68. The molecule has 0 N–H and O–H groups in total. The van der Waals surface area contributed by atoms with Gasteiger partial charge in [0.05, 0.1) is 12.0 Å². The lowest BCUT2D eigenvalue weighted by Crippen LogP contribution is -2.25. The van der Waals surface area contributed by atoms with Gasteiger partial charge in [-0.25, -0.2) is 13.2 Å². The van der Waals surface area contributed by atoms with Gasteiger partial charge in [-0.3, -0.25) is 0 Å². The normalized spacial score (nSPS) is 31.2. The monoisotopic (exact) mass is 430 g/mol. The summed E-state index contributed by atoms with van der Waals surface area (Å²) in [7, 11) is 0. The molecule has 1 saturated heterocycles. The minimum atomic E-state index is -1.04. The summed E-state index contributed by atoms with van der Waals surface area (Å²) in [4.78, 5) is 0. The van der Waals surface area contributed by atoms with Crippen LogP contribution in [0.2, 0.25) is 0 Å². The van der Waals surface area contributed by atoms with Crippen LogP contribution in [0.1, 0.15) is 94.3 Å². The third-order valence-electron chi connectivity index (χ3n) is 8.33. The Kier molecular flexibility index (Phi) is 6.02. The highest BCUT2D eigenvalue weighted by atomic mass is 19.2. The molecule has 168 valence electrons. The van der Waals surface area contributed by atoms with Crippen molar-refractivity contribution in [2.24, 2.45) is 17.8 Å². The first-order valence-corrected chi connectivity index (χ1v) is 12.3. The van der Waals surface area contributed by atoms with Gasteiger partial charge in [0.2, 0.25) is 0 Å². The van der Waals surface area contributed by atoms with Gasteiger partial charge in [-0.2, -0.15) is 0 Å². The first-order valence-electron chi connectivity index (χ1n) is 12.3. The average molecular weight is 431 g/mol. The molecule has 0 radical (unpaired) electrons. The number of hydrogen-bond donors (Lipinski definition) is 0. The van der Waals surface area contributed by atoms with Crippen molar-refractivity contribution in [1.82, 2.24) is 0 Å². The van der Waals surface area contributed by atoms with Gasteiger partial charge >= 0.3 is 0 Å². The van der Waals surface area contributed by atoms with Gasteiger partial charge < -0.3 is 4.74 Å². The van der Waals surface area contributed by atoms with E-state index in [2.05, 4.69) is 6.92 Å². The fourth-order valence-corrected chi connectivity index (χ4v) is 6.45. The molecule has 2 aromatic carbocycles. The molecule has 2 saturated carbocycles. The van der Waals surface area contributed by atoms with E-state index in [0.717, 1.165) is 43.4 Å². The van der Waals surface area contributed by atoms with E-state index in [4.69, 9.17) is 4.74 Å². The molecule has 0 amide bonds. The number of fused-ring (bicyclic) bond motifs is 1. The van der Waals surface area contributed by atoms with Crippen molar-refractivity contribution >= 4 is 10.8 Å². The highest BCUT2D eigenvalue weighted by Gasteiger charge is 2.34. The molecular formula is C27H33F3O. The van der Waals surface area contributed by atoms with Crippen molar-refractivity contribution < 1.29 is 17.9 Å². The summed E-state index contributed by atoms with van der Waals surface area (Å²) in [6.07, 6.45) is 11.7. The second-order valence-corrected chi connectivity index (χ2v) is 10.2. The summed E-state index contributed by atoms with van der Waals surface area (Å²) in [5, 5.41) is 0.221. The second-order valence-electron chi connectivity index (χ2n) is 10.2. The number of hydrogen-bond acceptors (Lipinski definition) is 1. The van der Waals surface area contributed by atoms with Crippen LogP contribution < -0.4 is 0 Å². The van der Waals surface area contributed by atoms with Gasteiger partial charge in [0.1, 0.15) is 11.9 Å².